The van der Waals surface area contributed by atoms with Gasteiger partial charge in [-0.3, -0.25) is 4.79 Å². The maximum atomic E-state index is 11.7. The Morgan fingerprint density at radius 3 is 2.06 bits per heavy atom. The summed E-state index contributed by atoms with van der Waals surface area (Å²) in [4.78, 5) is 11.7. The van der Waals surface area contributed by atoms with Crippen LogP contribution in [0.15, 0.2) is 0 Å². The lowest BCUT2D eigenvalue weighted by Crippen LogP contribution is -2.23. The second-order valence-corrected chi connectivity index (χ2v) is 6.45. The van der Waals surface area contributed by atoms with Gasteiger partial charge in [-0.25, -0.2) is 0 Å². The van der Waals surface area contributed by atoms with Crippen molar-refractivity contribution >= 4 is 5.78 Å². The van der Waals surface area contributed by atoms with Crippen LogP contribution >= 0.6 is 0 Å². The van der Waals surface area contributed by atoms with E-state index in [1.807, 2.05) is 20.8 Å². The van der Waals surface area contributed by atoms with Crippen molar-refractivity contribution in [2.45, 2.75) is 79.2 Å². The van der Waals surface area contributed by atoms with Crippen molar-refractivity contribution in [3.63, 3.8) is 0 Å². The molecule has 0 heterocycles. The number of carbonyl (C=O) groups excluding carboxylic acids is 1. The monoisotopic (exact) mass is 242 g/mol. The number of Topliss-reactive ketones (excluding diaryl/α,β-unsaturated/α-hetero) is 1. The molecular formula is C15H30O2. The molecule has 102 valence electrons. The molecule has 0 aliphatic rings. The van der Waals surface area contributed by atoms with Gasteiger partial charge in [-0.15, -0.1) is 0 Å². The summed E-state index contributed by atoms with van der Waals surface area (Å²) in [6.07, 6.45) is 4.88. The fourth-order valence-corrected chi connectivity index (χ4v) is 1.39. The van der Waals surface area contributed by atoms with E-state index in [4.69, 9.17) is 4.74 Å². The van der Waals surface area contributed by atoms with E-state index in [9.17, 15) is 4.79 Å². The minimum Gasteiger partial charge on any atom is -0.376 e. The SMILES string of the molecule is CCC(C)(C)OCCCCCC(=O)C(C)(C)C. The average molecular weight is 242 g/mol. The maximum absolute atomic E-state index is 11.7. The number of ketones is 1. The van der Waals surface area contributed by atoms with Crippen LogP contribution in [0.1, 0.15) is 73.6 Å². The molecule has 0 aliphatic carbocycles. The molecule has 0 saturated heterocycles. The molecule has 0 aromatic rings. The minimum atomic E-state index is -0.180. The Morgan fingerprint density at radius 1 is 1.00 bits per heavy atom. The van der Waals surface area contributed by atoms with Gasteiger partial charge in [0.2, 0.25) is 0 Å². The van der Waals surface area contributed by atoms with Crippen LogP contribution < -0.4 is 0 Å². The fourth-order valence-electron chi connectivity index (χ4n) is 1.39. The van der Waals surface area contributed by atoms with E-state index >= 15 is 0 Å². The molecule has 0 rings (SSSR count). The van der Waals surface area contributed by atoms with Crippen molar-refractivity contribution in [1.29, 1.82) is 0 Å². The number of carbonyl (C=O) groups is 1. The first-order valence-electron chi connectivity index (χ1n) is 6.86. The Morgan fingerprint density at radius 2 is 1.59 bits per heavy atom. The molecule has 0 saturated carbocycles. The second-order valence-electron chi connectivity index (χ2n) is 6.45. The molecule has 0 bridgehead atoms. The summed E-state index contributed by atoms with van der Waals surface area (Å²) in [6.45, 7) is 13.2. The lowest BCUT2D eigenvalue weighted by atomic mass is 9.88. The van der Waals surface area contributed by atoms with Gasteiger partial charge in [0.1, 0.15) is 5.78 Å². The predicted octanol–water partition coefficient (Wildman–Crippen LogP) is 4.37. The zero-order valence-corrected chi connectivity index (χ0v) is 12.6. The van der Waals surface area contributed by atoms with Gasteiger partial charge in [0.05, 0.1) is 5.60 Å². The van der Waals surface area contributed by atoms with Crippen LogP contribution in [-0.2, 0) is 9.53 Å². The van der Waals surface area contributed by atoms with Gasteiger partial charge in [-0.1, -0.05) is 34.1 Å². The highest BCUT2D eigenvalue weighted by Crippen LogP contribution is 2.19. The topological polar surface area (TPSA) is 26.3 Å². The number of unbranched alkanes of at least 4 members (excludes halogenated alkanes) is 2. The van der Waals surface area contributed by atoms with Gasteiger partial charge in [-0.2, -0.15) is 0 Å². The third-order valence-corrected chi connectivity index (χ3v) is 3.23. The molecule has 0 spiro atoms. The van der Waals surface area contributed by atoms with E-state index < -0.39 is 0 Å². The first-order chi connectivity index (χ1) is 7.69. The van der Waals surface area contributed by atoms with Crippen molar-refractivity contribution in [3.05, 3.63) is 0 Å². The minimum absolute atomic E-state index is 0.00122. The molecule has 0 atom stereocenters. The van der Waals surface area contributed by atoms with E-state index in [2.05, 4.69) is 20.8 Å². The Labute approximate surface area is 107 Å². The highest BCUT2D eigenvalue weighted by molar-refractivity contribution is 5.83. The standard InChI is InChI=1S/C15H30O2/c1-7-15(5,6)17-12-10-8-9-11-13(16)14(2,3)4/h7-12H2,1-6H3. The van der Waals surface area contributed by atoms with Gasteiger partial charge in [-0.05, 0) is 33.1 Å². The summed E-state index contributed by atoms with van der Waals surface area (Å²) >= 11 is 0. The molecule has 0 fully saturated rings. The molecule has 0 aromatic heterocycles. The van der Waals surface area contributed by atoms with E-state index in [0.29, 0.717) is 12.2 Å². The lowest BCUT2D eigenvalue weighted by molar-refractivity contribution is -0.126. The van der Waals surface area contributed by atoms with Crippen LogP contribution in [-0.4, -0.2) is 18.0 Å². The summed E-state index contributed by atoms with van der Waals surface area (Å²) in [6, 6.07) is 0. The quantitative estimate of drug-likeness (QED) is 0.591. The third-order valence-electron chi connectivity index (χ3n) is 3.23. The largest absolute Gasteiger partial charge is 0.376 e. The molecular weight excluding hydrogens is 212 g/mol. The number of hydrogen-bond donors (Lipinski definition) is 0. The smallest absolute Gasteiger partial charge is 0.138 e. The van der Waals surface area contributed by atoms with Crippen molar-refractivity contribution in [3.8, 4) is 0 Å². The Bertz CT molecular complexity index is 224. The zero-order valence-electron chi connectivity index (χ0n) is 12.6. The number of rotatable bonds is 8. The molecule has 2 heteroatoms. The first-order valence-corrected chi connectivity index (χ1v) is 6.86. The van der Waals surface area contributed by atoms with Crippen LogP contribution in [0.2, 0.25) is 0 Å². The van der Waals surface area contributed by atoms with Gasteiger partial charge >= 0.3 is 0 Å². The van der Waals surface area contributed by atoms with Gasteiger partial charge in [0.15, 0.2) is 0 Å². The van der Waals surface area contributed by atoms with Gasteiger partial charge in [0, 0.05) is 18.4 Å². The summed E-state index contributed by atoms with van der Waals surface area (Å²) in [7, 11) is 0. The van der Waals surface area contributed by atoms with Crippen molar-refractivity contribution in [2.75, 3.05) is 6.61 Å². The third kappa shape index (κ3) is 8.37. The van der Waals surface area contributed by atoms with Crippen LogP contribution in [0.3, 0.4) is 0 Å². The normalized spacial score (nSPS) is 12.8. The Balaban J connectivity index is 3.52. The number of hydrogen-bond acceptors (Lipinski definition) is 2. The van der Waals surface area contributed by atoms with Crippen molar-refractivity contribution < 1.29 is 9.53 Å². The first kappa shape index (κ1) is 16.6. The summed E-state index contributed by atoms with van der Waals surface area (Å²) < 4.78 is 5.77. The average Bonchev–Trinajstić information content (AvgIpc) is 2.21. The van der Waals surface area contributed by atoms with Gasteiger partial charge in [0.25, 0.3) is 0 Å². The molecule has 2 nitrogen and oxygen atoms in total. The van der Waals surface area contributed by atoms with E-state index in [1.54, 1.807) is 0 Å². The van der Waals surface area contributed by atoms with E-state index in [0.717, 1.165) is 32.3 Å². The summed E-state index contributed by atoms with van der Waals surface area (Å²) in [5.74, 6) is 0.368. The maximum Gasteiger partial charge on any atom is 0.138 e. The Hall–Kier alpha value is -0.370. The molecule has 17 heavy (non-hydrogen) atoms. The fraction of sp³-hybridized carbons (Fsp3) is 0.933. The van der Waals surface area contributed by atoms with Gasteiger partial charge < -0.3 is 4.74 Å². The van der Waals surface area contributed by atoms with Crippen LogP contribution in [0.5, 0.6) is 0 Å². The van der Waals surface area contributed by atoms with Crippen molar-refractivity contribution in [2.24, 2.45) is 5.41 Å². The molecule has 0 aromatic carbocycles. The second kappa shape index (κ2) is 7.15. The predicted molar refractivity (Wildman–Crippen MR) is 73.3 cm³/mol. The summed E-state index contributed by atoms with van der Waals surface area (Å²) in [5.41, 5.74) is -0.179. The van der Waals surface area contributed by atoms with Crippen LogP contribution in [0, 0.1) is 5.41 Å². The highest BCUT2D eigenvalue weighted by Gasteiger charge is 2.20. The lowest BCUT2D eigenvalue weighted by Gasteiger charge is -2.23. The van der Waals surface area contributed by atoms with E-state index in [1.165, 1.54) is 0 Å². The van der Waals surface area contributed by atoms with Crippen molar-refractivity contribution in [1.82, 2.24) is 0 Å². The molecule has 0 unspecified atom stereocenters. The molecule has 0 N–H and O–H groups in total. The highest BCUT2D eigenvalue weighted by atomic mass is 16.5. The van der Waals surface area contributed by atoms with Crippen LogP contribution in [0.4, 0.5) is 0 Å². The number of ether oxygens (including phenoxy) is 1. The summed E-state index contributed by atoms with van der Waals surface area (Å²) in [5, 5.41) is 0. The zero-order chi connectivity index (χ0) is 13.5. The molecule has 0 radical (unpaired) electrons. The molecule has 0 aliphatic heterocycles. The Kier molecular flexibility index (Phi) is 6.99. The van der Waals surface area contributed by atoms with Crippen LogP contribution in [0.25, 0.3) is 0 Å². The molecule has 0 amide bonds. The van der Waals surface area contributed by atoms with E-state index in [-0.39, 0.29) is 11.0 Å².